The number of hydrogen-bond donors (Lipinski definition) is 1. The van der Waals surface area contributed by atoms with Crippen LogP contribution in [-0.2, 0) is 16.1 Å². The number of hydrogen-bond acceptors (Lipinski definition) is 8. The summed E-state index contributed by atoms with van der Waals surface area (Å²) in [6, 6.07) is 12.9. The number of para-hydroxylation sites is 2. The lowest BCUT2D eigenvalue weighted by molar-refractivity contribution is -0.126. The smallest absolute Gasteiger partial charge is 0.244 e. The van der Waals surface area contributed by atoms with Gasteiger partial charge in [0.2, 0.25) is 23.5 Å². The Kier molecular flexibility index (Phi) is 6.37. The molecule has 1 fully saturated rings. The number of aromatic nitrogens is 2. The summed E-state index contributed by atoms with van der Waals surface area (Å²) >= 11 is 0. The topological polar surface area (TPSA) is 110 Å². The fraction of sp³-hybridized carbons (Fsp3) is 0.360. The summed E-state index contributed by atoms with van der Waals surface area (Å²) < 4.78 is 16.1. The standard InChI is InChI=1S/C25H27N5O5/c1-33-20-8-7-17(13-21(20)34-2)24-27-23(35-28-24)15-29-11-9-16(10-12-29)25(32)30-14-22(31)26-18-5-3-4-6-19(18)30/h3-8,13,16H,9-12,14-15H2,1-2H3,(H,26,31). The molecule has 0 radical (unpaired) electrons. The molecular formula is C25H27N5O5. The number of anilines is 2. The molecule has 1 saturated heterocycles. The van der Waals surface area contributed by atoms with Gasteiger partial charge in [-0.25, -0.2) is 0 Å². The van der Waals surface area contributed by atoms with Crippen LogP contribution in [0.25, 0.3) is 11.4 Å². The first-order chi connectivity index (χ1) is 17.1. The van der Waals surface area contributed by atoms with Gasteiger partial charge >= 0.3 is 0 Å². The number of piperidine rings is 1. The quantitative estimate of drug-likeness (QED) is 0.577. The molecule has 35 heavy (non-hydrogen) atoms. The minimum Gasteiger partial charge on any atom is -0.493 e. The van der Waals surface area contributed by atoms with Gasteiger partial charge in [-0.3, -0.25) is 14.5 Å². The predicted molar refractivity (Wildman–Crippen MR) is 128 cm³/mol. The molecule has 10 heteroatoms. The number of nitrogens with one attached hydrogen (secondary N) is 1. The highest BCUT2D eigenvalue weighted by Crippen LogP contribution is 2.33. The second kappa shape index (κ2) is 9.75. The van der Waals surface area contributed by atoms with Gasteiger partial charge in [0, 0.05) is 11.5 Å². The molecule has 10 nitrogen and oxygen atoms in total. The summed E-state index contributed by atoms with van der Waals surface area (Å²) in [5.74, 6) is 1.92. The third-order valence-corrected chi connectivity index (χ3v) is 6.44. The van der Waals surface area contributed by atoms with Gasteiger partial charge in [0.15, 0.2) is 11.5 Å². The Bertz CT molecular complexity index is 1230. The van der Waals surface area contributed by atoms with Crippen LogP contribution in [0.5, 0.6) is 11.5 Å². The van der Waals surface area contributed by atoms with Crippen LogP contribution in [0, 0.1) is 5.92 Å². The summed E-state index contributed by atoms with van der Waals surface area (Å²) in [7, 11) is 3.17. The Balaban J connectivity index is 1.20. The minimum absolute atomic E-state index is 0.000444. The monoisotopic (exact) mass is 477 g/mol. The third kappa shape index (κ3) is 4.69. The van der Waals surface area contributed by atoms with Crippen molar-refractivity contribution in [3.05, 3.63) is 48.4 Å². The van der Waals surface area contributed by atoms with Crippen LogP contribution < -0.4 is 19.7 Å². The van der Waals surface area contributed by atoms with Crippen molar-refractivity contribution in [3.8, 4) is 22.9 Å². The first-order valence-electron chi connectivity index (χ1n) is 11.5. The number of amides is 2. The van der Waals surface area contributed by atoms with Crippen molar-refractivity contribution in [1.82, 2.24) is 15.0 Å². The number of benzene rings is 2. The zero-order valence-corrected chi connectivity index (χ0v) is 19.7. The van der Waals surface area contributed by atoms with Crippen LogP contribution in [0.4, 0.5) is 11.4 Å². The number of methoxy groups -OCH3 is 2. The van der Waals surface area contributed by atoms with Crippen LogP contribution in [0.2, 0.25) is 0 Å². The summed E-state index contributed by atoms with van der Waals surface area (Å²) in [4.78, 5) is 33.7. The van der Waals surface area contributed by atoms with Crippen molar-refractivity contribution in [3.63, 3.8) is 0 Å². The highest BCUT2D eigenvalue weighted by molar-refractivity contribution is 6.10. The number of likely N-dealkylation sites (tertiary alicyclic amines) is 1. The number of fused-ring (bicyclic) bond motifs is 1. The van der Waals surface area contributed by atoms with Crippen molar-refractivity contribution in [2.24, 2.45) is 5.92 Å². The molecule has 5 rings (SSSR count). The van der Waals surface area contributed by atoms with Crippen LogP contribution in [0.1, 0.15) is 18.7 Å². The van der Waals surface area contributed by atoms with Crippen molar-refractivity contribution in [2.75, 3.05) is 44.1 Å². The highest BCUT2D eigenvalue weighted by atomic mass is 16.5. The fourth-order valence-corrected chi connectivity index (χ4v) is 4.59. The molecule has 0 atom stereocenters. The van der Waals surface area contributed by atoms with E-state index in [9.17, 15) is 9.59 Å². The molecule has 182 valence electrons. The Morgan fingerprint density at radius 2 is 1.89 bits per heavy atom. The van der Waals surface area contributed by atoms with Gasteiger partial charge in [-0.2, -0.15) is 4.98 Å². The van der Waals surface area contributed by atoms with E-state index in [4.69, 9.17) is 14.0 Å². The van der Waals surface area contributed by atoms with Gasteiger partial charge in [0.25, 0.3) is 0 Å². The SMILES string of the molecule is COc1ccc(-c2noc(CN3CCC(C(=O)N4CC(=O)Nc5ccccc54)CC3)n2)cc1OC. The molecule has 2 amide bonds. The van der Waals surface area contributed by atoms with E-state index < -0.39 is 0 Å². The Morgan fingerprint density at radius 3 is 2.66 bits per heavy atom. The molecule has 1 N–H and O–H groups in total. The van der Waals surface area contributed by atoms with Gasteiger partial charge in [0.05, 0.1) is 32.1 Å². The molecule has 3 heterocycles. The Labute approximate surface area is 202 Å². The summed E-state index contributed by atoms with van der Waals surface area (Å²) in [5.41, 5.74) is 2.21. The van der Waals surface area contributed by atoms with E-state index in [-0.39, 0.29) is 24.3 Å². The number of nitrogens with zero attached hydrogens (tertiary/aromatic N) is 4. The van der Waals surface area contributed by atoms with Crippen LogP contribution in [-0.4, -0.2) is 60.7 Å². The van der Waals surface area contributed by atoms with Gasteiger partial charge in [-0.05, 0) is 56.3 Å². The molecule has 2 aromatic carbocycles. The molecular weight excluding hydrogens is 450 g/mol. The van der Waals surface area contributed by atoms with E-state index in [1.165, 1.54) is 0 Å². The maximum Gasteiger partial charge on any atom is 0.244 e. The molecule has 2 aliphatic rings. The van der Waals surface area contributed by atoms with E-state index >= 15 is 0 Å². The zero-order valence-electron chi connectivity index (χ0n) is 19.7. The van der Waals surface area contributed by atoms with Gasteiger partial charge < -0.3 is 24.2 Å². The van der Waals surface area contributed by atoms with Gasteiger partial charge in [-0.15, -0.1) is 0 Å². The molecule has 0 bridgehead atoms. The molecule has 0 unspecified atom stereocenters. The Morgan fingerprint density at radius 1 is 1.11 bits per heavy atom. The van der Waals surface area contributed by atoms with E-state index in [0.29, 0.717) is 48.3 Å². The summed E-state index contributed by atoms with van der Waals surface area (Å²) in [6.45, 7) is 2.02. The number of ether oxygens (including phenoxy) is 2. The molecule has 0 aliphatic carbocycles. The van der Waals surface area contributed by atoms with E-state index in [1.54, 1.807) is 25.2 Å². The first-order valence-corrected chi connectivity index (χ1v) is 11.5. The van der Waals surface area contributed by atoms with E-state index in [2.05, 4.69) is 20.4 Å². The maximum atomic E-state index is 13.3. The van der Waals surface area contributed by atoms with Crippen molar-refractivity contribution >= 4 is 23.2 Å². The maximum absolute atomic E-state index is 13.3. The summed E-state index contributed by atoms with van der Waals surface area (Å²) in [6.07, 6.45) is 1.41. The number of carbonyl (C=O) groups excluding carboxylic acids is 2. The van der Waals surface area contributed by atoms with Crippen LogP contribution >= 0.6 is 0 Å². The van der Waals surface area contributed by atoms with Crippen molar-refractivity contribution < 1.29 is 23.6 Å². The van der Waals surface area contributed by atoms with E-state index in [0.717, 1.165) is 24.3 Å². The second-order valence-electron chi connectivity index (χ2n) is 8.62. The Hall–Kier alpha value is -3.92. The first kappa shape index (κ1) is 22.9. The number of carbonyl (C=O) groups is 2. The lowest BCUT2D eigenvalue weighted by Gasteiger charge is -2.35. The van der Waals surface area contributed by atoms with Crippen molar-refractivity contribution in [2.45, 2.75) is 19.4 Å². The second-order valence-corrected chi connectivity index (χ2v) is 8.62. The molecule has 1 aromatic heterocycles. The molecule has 3 aromatic rings. The molecule has 0 spiro atoms. The molecule has 2 aliphatic heterocycles. The fourth-order valence-electron chi connectivity index (χ4n) is 4.59. The highest BCUT2D eigenvalue weighted by Gasteiger charge is 2.33. The average Bonchev–Trinajstić information content (AvgIpc) is 3.36. The van der Waals surface area contributed by atoms with Gasteiger partial charge in [0.1, 0.15) is 6.54 Å². The van der Waals surface area contributed by atoms with Crippen LogP contribution in [0.3, 0.4) is 0 Å². The molecule has 0 saturated carbocycles. The van der Waals surface area contributed by atoms with Gasteiger partial charge in [-0.1, -0.05) is 17.3 Å². The third-order valence-electron chi connectivity index (χ3n) is 6.44. The summed E-state index contributed by atoms with van der Waals surface area (Å²) in [5, 5.41) is 6.94. The van der Waals surface area contributed by atoms with Crippen LogP contribution in [0.15, 0.2) is 47.0 Å². The largest absolute Gasteiger partial charge is 0.493 e. The minimum atomic E-state index is -0.170. The van der Waals surface area contributed by atoms with Crippen molar-refractivity contribution in [1.29, 1.82) is 0 Å². The average molecular weight is 478 g/mol. The number of rotatable bonds is 6. The lowest BCUT2D eigenvalue weighted by Crippen LogP contribution is -2.47. The predicted octanol–water partition coefficient (Wildman–Crippen LogP) is 2.95. The van der Waals surface area contributed by atoms with E-state index in [1.807, 2.05) is 36.4 Å². The zero-order chi connectivity index (χ0) is 24.4. The lowest BCUT2D eigenvalue weighted by atomic mass is 9.94. The normalized spacial score (nSPS) is 16.5.